The highest BCUT2D eigenvalue weighted by molar-refractivity contribution is 5.88. The van der Waals surface area contributed by atoms with E-state index in [1.165, 1.54) is 12.1 Å². The van der Waals surface area contributed by atoms with Gasteiger partial charge in [0.15, 0.2) is 0 Å². The standard InChI is InChI=1S/C17H21FN2O2/c1-5-17(4)9-15(21)20(12(3)19-17)10-14-8-13(16(18)22)7-6-11(14)2/h6-8,19H,3,5,9-10H2,1-2,4H3. The van der Waals surface area contributed by atoms with Crippen molar-refractivity contribution in [2.75, 3.05) is 0 Å². The van der Waals surface area contributed by atoms with Crippen LogP contribution in [0.3, 0.4) is 0 Å². The van der Waals surface area contributed by atoms with E-state index in [2.05, 4.69) is 11.9 Å². The van der Waals surface area contributed by atoms with Crippen LogP contribution in [0.2, 0.25) is 0 Å². The summed E-state index contributed by atoms with van der Waals surface area (Å²) < 4.78 is 12.9. The molecule has 1 aliphatic heterocycles. The monoisotopic (exact) mass is 304 g/mol. The molecule has 1 N–H and O–H groups in total. The molecule has 1 saturated heterocycles. The van der Waals surface area contributed by atoms with Crippen LogP contribution < -0.4 is 5.32 Å². The van der Waals surface area contributed by atoms with Gasteiger partial charge in [-0.15, -0.1) is 0 Å². The molecular weight excluding hydrogens is 283 g/mol. The third-order valence-electron chi connectivity index (χ3n) is 4.30. The summed E-state index contributed by atoms with van der Waals surface area (Å²) in [5.74, 6) is 0.515. The lowest BCUT2D eigenvalue weighted by atomic mass is 9.91. The van der Waals surface area contributed by atoms with Crippen molar-refractivity contribution in [1.29, 1.82) is 0 Å². The number of aryl methyl sites for hydroxylation is 1. The first-order chi connectivity index (χ1) is 10.3. The van der Waals surface area contributed by atoms with Crippen molar-refractivity contribution >= 4 is 11.9 Å². The van der Waals surface area contributed by atoms with Crippen LogP contribution in [0.4, 0.5) is 4.39 Å². The molecule has 1 aromatic carbocycles. The van der Waals surface area contributed by atoms with Crippen LogP contribution in [0.5, 0.6) is 0 Å². The smallest absolute Gasteiger partial charge is 0.332 e. The third kappa shape index (κ3) is 3.18. The summed E-state index contributed by atoms with van der Waals surface area (Å²) >= 11 is 0. The predicted molar refractivity (Wildman–Crippen MR) is 82.8 cm³/mol. The van der Waals surface area contributed by atoms with E-state index in [4.69, 9.17) is 0 Å². The van der Waals surface area contributed by atoms with Crippen LogP contribution in [0.25, 0.3) is 0 Å². The summed E-state index contributed by atoms with van der Waals surface area (Å²) in [6, 6.07) is 3.15. The molecule has 5 heteroatoms. The fourth-order valence-electron chi connectivity index (χ4n) is 2.57. The van der Waals surface area contributed by atoms with Gasteiger partial charge in [-0.2, -0.15) is 4.39 Å². The van der Waals surface area contributed by atoms with E-state index < -0.39 is 6.04 Å². The molecule has 1 amide bonds. The van der Waals surface area contributed by atoms with Crippen LogP contribution in [0.15, 0.2) is 30.6 Å². The highest BCUT2D eigenvalue weighted by Gasteiger charge is 2.35. The zero-order chi connectivity index (χ0) is 16.5. The molecule has 0 spiro atoms. The predicted octanol–water partition coefficient (Wildman–Crippen LogP) is 3.07. The normalized spacial score (nSPS) is 21.7. The summed E-state index contributed by atoms with van der Waals surface area (Å²) in [6.07, 6.45) is 1.19. The summed E-state index contributed by atoms with van der Waals surface area (Å²) in [4.78, 5) is 24.8. The van der Waals surface area contributed by atoms with E-state index in [9.17, 15) is 14.0 Å². The number of amides is 1. The van der Waals surface area contributed by atoms with E-state index in [1.54, 1.807) is 11.0 Å². The molecule has 0 aromatic heterocycles. The summed E-state index contributed by atoms with van der Waals surface area (Å²) in [6.45, 7) is 10.1. The maximum Gasteiger partial charge on any atom is 0.332 e. The number of carbonyl (C=O) groups excluding carboxylic acids is 2. The molecule has 1 unspecified atom stereocenters. The molecule has 1 fully saturated rings. The molecule has 1 atom stereocenters. The lowest BCUT2D eigenvalue weighted by Gasteiger charge is -2.41. The number of nitrogens with one attached hydrogen (secondary N) is 1. The zero-order valence-corrected chi connectivity index (χ0v) is 13.2. The maximum absolute atomic E-state index is 12.9. The van der Waals surface area contributed by atoms with Gasteiger partial charge in [-0.25, -0.2) is 0 Å². The molecule has 0 radical (unpaired) electrons. The fraction of sp³-hybridized carbons (Fsp3) is 0.412. The molecular formula is C17H21FN2O2. The minimum atomic E-state index is -1.47. The first kappa shape index (κ1) is 16.2. The van der Waals surface area contributed by atoms with Gasteiger partial charge in [0.25, 0.3) is 0 Å². The van der Waals surface area contributed by atoms with Crippen LogP contribution in [-0.4, -0.2) is 22.4 Å². The summed E-state index contributed by atoms with van der Waals surface area (Å²) in [5, 5.41) is 3.27. The minimum Gasteiger partial charge on any atom is -0.366 e. The molecule has 22 heavy (non-hydrogen) atoms. The van der Waals surface area contributed by atoms with Crippen LogP contribution >= 0.6 is 0 Å². The average molecular weight is 304 g/mol. The molecule has 1 aromatic rings. The van der Waals surface area contributed by atoms with Gasteiger partial charge in [-0.05, 0) is 43.5 Å². The van der Waals surface area contributed by atoms with Crippen molar-refractivity contribution in [3.05, 3.63) is 47.3 Å². The van der Waals surface area contributed by atoms with Crippen molar-refractivity contribution in [1.82, 2.24) is 10.2 Å². The Balaban J connectivity index is 2.24. The van der Waals surface area contributed by atoms with E-state index in [0.717, 1.165) is 17.5 Å². The van der Waals surface area contributed by atoms with Gasteiger partial charge in [0.2, 0.25) is 5.91 Å². The summed E-state index contributed by atoms with van der Waals surface area (Å²) in [5.41, 5.74) is 1.35. The van der Waals surface area contributed by atoms with Crippen molar-refractivity contribution in [3.63, 3.8) is 0 Å². The Bertz CT molecular complexity index is 622. The molecule has 4 nitrogen and oxygen atoms in total. The Morgan fingerprint density at radius 3 is 2.73 bits per heavy atom. The fourth-order valence-corrected chi connectivity index (χ4v) is 2.57. The van der Waals surface area contributed by atoms with Gasteiger partial charge < -0.3 is 5.32 Å². The Kier molecular flexibility index (Phi) is 4.35. The molecule has 2 rings (SSSR count). The number of hydrogen-bond acceptors (Lipinski definition) is 3. The third-order valence-corrected chi connectivity index (χ3v) is 4.30. The topological polar surface area (TPSA) is 49.4 Å². The second-order valence-corrected chi connectivity index (χ2v) is 6.06. The van der Waals surface area contributed by atoms with Crippen molar-refractivity contribution in [3.8, 4) is 0 Å². The van der Waals surface area contributed by atoms with Crippen LogP contribution in [0, 0.1) is 6.92 Å². The van der Waals surface area contributed by atoms with Gasteiger partial charge in [-0.1, -0.05) is 19.6 Å². The van der Waals surface area contributed by atoms with Crippen molar-refractivity contribution in [2.24, 2.45) is 0 Å². The summed E-state index contributed by atoms with van der Waals surface area (Å²) in [7, 11) is 0. The number of hydrogen-bond donors (Lipinski definition) is 1. The van der Waals surface area contributed by atoms with Gasteiger partial charge in [-0.3, -0.25) is 14.5 Å². The molecule has 1 aliphatic rings. The highest BCUT2D eigenvalue weighted by atomic mass is 19.1. The van der Waals surface area contributed by atoms with E-state index in [0.29, 0.717) is 12.2 Å². The van der Waals surface area contributed by atoms with E-state index in [1.807, 2.05) is 20.8 Å². The first-order valence-corrected chi connectivity index (χ1v) is 7.32. The Labute approximate surface area is 130 Å². The minimum absolute atomic E-state index is 0.00188. The Morgan fingerprint density at radius 2 is 2.18 bits per heavy atom. The Hall–Kier alpha value is -2.17. The van der Waals surface area contributed by atoms with Gasteiger partial charge in [0.1, 0.15) is 5.82 Å². The van der Waals surface area contributed by atoms with Crippen molar-refractivity contribution < 1.29 is 14.0 Å². The zero-order valence-electron chi connectivity index (χ0n) is 13.2. The molecule has 0 bridgehead atoms. The quantitative estimate of drug-likeness (QED) is 0.870. The van der Waals surface area contributed by atoms with Gasteiger partial charge >= 0.3 is 6.04 Å². The SMILES string of the molecule is C=C1NC(C)(CC)CC(=O)N1Cc1cc(C(=O)F)ccc1C. The number of halogens is 1. The highest BCUT2D eigenvalue weighted by Crippen LogP contribution is 2.26. The number of nitrogens with zero attached hydrogens (tertiary/aromatic N) is 1. The van der Waals surface area contributed by atoms with E-state index >= 15 is 0 Å². The van der Waals surface area contributed by atoms with Crippen molar-refractivity contribution in [2.45, 2.75) is 45.7 Å². The van der Waals surface area contributed by atoms with Gasteiger partial charge in [0, 0.05) is 12.0 Å². The molecule has 0 aliphatic carbocycles. The van der Waals surface area contributed by atoms with Gasteiger partial charge in [0.05, 0.1) is 12.1 Å². The second kappa shape index (κ2) is 5.91. The maximum atomic E-state index is 12.9. The first-order valence-electron chi connectivity index (χ1n) is 7.32. The van der Waals surface area contributed by atoms with Crippen LogP contribution in [0.1, 0.15) is 48.2 Å². The molecule has 118 valence electrons. The molecule has 0 saturated carbocycles. The largest absolute Gasteiger partial charge is 0.366 e. The Morgan fingerprint density at radius 1 is 1.50 bits per heavy atom. The average Bonchev–Trinajstić information content (AvgIpc) is 2.44. The molecule has 1 heterocycles. The number of carbonyl (C=O) groups is 2. The van der Waals surface area contributed by atoms with Crippen LogP contribution in [-0.2, 0) is 11.3 Å². The lowest BCUT2D eigenvalue weighted by Crippen LogP contribution is -2.55. The number of rotatable bonds is 4. The number of benzene rings is 1. The lowest BCUT2D eigenvalue weighted by molar-refractivity contribution is -0.134. The second-order valence-electron chi connectivity index (χ2n) is 6.06. The van der Waals surface area contributed by atoms with E-state index in [-0.39, 0.29) is 23.6 Å².